The van der Waals surface area contributed by atoms with Gasteiger partial charge in [0.05, 0.1) is 23.7 Å². The van der Waals surface area contributed by atoms with Crippen LogP contribution in [0, 0.1) is 6.92 Å². The average molecular weight is 458 g/mol. The van der Waals surface area contributed by atoms with Crippen LogP contribution >= 0.6 is 23.8 Å². The van der Waals surface area contributed by atoms with Crippen LogP contribution in [0.2, 0.25) is 5.02 Å². The Morgan fingerprint density at radius 2 is 2.10 bits per heavy atom. The Labute approximate surface area is 192 Å². The van der Waals surface area contributed by atoms with Gasteiger partial charge in [0, 0.05) is 11.4 Å². The first-order valence-electron chi connectivity index (χ1n) is 9.61. The standard InChI is InChI=1S/C23H24ClN3O3S/c1-5-9-30-21-17(24)11-15(12-18(21)29-4)20-19(14(3)25-23(31)27-20)22(28)26-16-8-6-7-13(2)10-16/h5-8,10-12,20H,1,9H2,2-4H3,(H,26,28)(H2,25,27,31)/t20-/m1/s1. The smallest absolute Gasteiger partial charge is 0.255 e. The molecule has 6 nitrogen and oxygen atoms in total. The van der Waals surface area contributed by atoms with Crippen molar-refractivity contribution in [2.24, 2.45) is 0 Å². The number of halogens is 1. The minimum absolute atomic E-state index is 0.252. The van der Waals surface area contributed by atoms with Crippen LogP contribution in [0.15, 0.2) is 60.3 Å². The molecule has 8 heteroatoms. The van der Waals surface area contributed by atoms with Gasteiger partial charge in [-0.3, -0.25) is 4.79 Å². The monoisotopic (exact) mass is 457 g/mol. The summed E-state index contributed by atoms with van der Waals surface area (Å²) < 4.78 is 11.1. The number of anilines is 1. The third kappa shape index (κ3) is 5.18. The lowest BCUT2D eigenvalue weighted by atomic mass is 9.94. The molecule has 3 N–H and O–H groups in total. The van der Waals surface area contributed by atoms with Crippen LogP contribution in [0.3, 0.4) is 0 Å². The lowest BCUT2D eigenvalue weighted by Crippen LogP contribution is -2.45. The molecule has 162 valence electrons. The molecular formula is C23H24ClN3O3S. The fourth-order valence-electron chi connectivity index (χ4n) is 3.35. The van der Waals surface area contributed by atoms with E-state index >= 15 is 0 Å². The molecule has 0 saturated carbocycles. The van der Waals surface area contributed by atoms with Gasteiger partial charge in [-0.1, -0.05) is 36.4 Å². The van der Waals surface area contributed by atoms with E-state index in [-0.39, 0.29) is 12.5 Å². The van der Waals surface area contributed by atoms with Crippen LogP contribution in [-0.4, -0.2) is 24.7 Å². The summed E-state index contributed by atoms with van der Waals surface area (Å²) in [6.07, 6.45) is 1.62. The molecule has 1 heterocycles. The maximum atomic E-state index is 13.2. The van der Waals surface area contributed by atoms with Gasteiger partial charge in [-0.2, -0.15) is 0 Å². The molecule has 0 unspecified atom stereocenters. The molecule has 0 bridgehead atoms. The van der Waals surface area contributed by atoms with Crippen LogP contribution in [0.25, 0.3) is 0 Å². The number of carbonyl (C=O) groups excluding carboxylic acids is 1. The number of ether oxygens (including phenoxy) is 2. The number of allylic oxidation sites excluding steroid dienone is 1. The molecule has 0 radical (unpaired) electrons. The van der Waals surface area contributed by atoms with Crippen molar-refractivity contribution in [3.8, 4) is 11.5 Å². The Morgan fingerprint density at radius 3 is 2.77 bits per heavy atom. The molecule has 1 amide bonds. The summed E-state index contributed by atoms with van der Waals surface area (Å²) >= 11 is 11.8. The van der Waals surface area contributed by atoms with Crippen LogP contribution in [-0.2, 0) is 4.79 Å². The molecule has 3 rings (SSSR count). The van der Waals surface area contributed by atoms with E-state index in [0.29, 0.717) is 44.2 Å². The van der Waals surface area contributed by atoms with Crippen molar-refractivity contribution in [2.45, 2.75) is 19.9 Å². The highest BCUT2D eigenvalue weighted by atomic mass is 35.5. The molecule has 2 aromatic rings. The SMILES string of the molecule is C=CCOc1c(Cl)cc([C@H]2NC(=S)NC(C)=C2C(=O)Nc2cccc(C)c2)cc1OC. The second-order valence-corrected chi connectivity index (χ2v) is 7.84. The zero-order valence-electron chi connectivity index (χ0n) is 17.5. The van der Waals surface area contributed by atoms with Crippen molar-refractivity contribution >= 4 is 40.5 Å². The average Bonchev–Trinajstić information content (AvgIpc) is 2.71. The van der Waals surface area contributed by atoms with Gasteiger partial charge in [0.1, 0.15) is 6.61 Å². The number of hydrogen-bond donors (Lipinski definition) is 3. The van der Waals surface area contributed by atoms with Gasteiger partial charge in [0.2, 0.25) is 0 Å². The minimum atomic E-state index is -0.529. The maximum Gasteiger partial charge on any atom is 0.255 e. The second-order valence-electron chi connectivity index (χ2n) is 7.03. The first-order valence-corrected chi connectivity index (χ1v) is 10.4. The van der Waals surface area contributed by atoms with Gasteiger partial charge in [-0.15, -0.1) is 0 Å². The second kappa shape index (κ2) is 9.85. The number of thiocarbonyl (C=S) groups is 1. The molecule has 0 aliphatic carbocycles. The van der Waals surface area contributed by atoms with Crippen molar-refractivity contribution in [1.82, 2.24) is 10.6 Å². The third-order valence-corrected chi connectivity index (χ3v) is 5.22. The molecule has 0 fully saturated rings. The Kier molecular flexibility index (Phi) is 7.20. The first-order chi connectivity index (χ1) is 14.8. The minimum Gasteiger partial charge on any atom is -0.493 e. The van der Waals surface area contributed by atoms with Crippen molar-refractivity contribution in [3.05, 3.63) is 76.5 Å². The molecular weight excluding hydrogens is 434 g/mol. The predicted octanol–water partition coefficient (Wildman–Crippen LogP) is 4.65. The fraction of sp³-hybridized carbons (Fsp3) is 0.217. The fourth-order valence-corrected chi connectivity index (χ4v) is 3.90. The van der Waals surface area contributed by atoms with Crippen molar-refractivity contribution < 1.29 is 14.3 Å². The zero-order valence-corrected chi connectivity index (χ0v) is 19.1. The van der Waals surface area contributed by atoms with Crippen molar-refractivity contribution in [1.29, 1.82) is 0 Å². The summed E-state index contributed by atoms with van der Waals surface area (Å²) in [6, 6.07) is 10.6. The molecule has 31 heavy (non-hydrogen) atoms. The van der Waals surface area contributed by atoms with Crippen molar-refractivity contribution in [3.63, 3.8) is 0 Å². The molecule has 2 aromatic carbocycles. The van der Waals surface area contributed by atoms with E-state index < -0.39 is 6.04 Å². The largest absolute Gasteiger partial charge is 0.493 e. The summed E-state index contributed by atoms with van der Waals surface area (Å²) in [5, 5.41) is 9.92. The highest BCUT2D eigenvalue weighted by molar-refractivity contribution is 7.80. The summed E-state index contributed by atoms with van der Waals surface area (Å²) in [5.74, 6) is 0.611. The van der Waals surface area contributed by atoms with Gasteiger partial charge >= 0.3 is 0 Å². The molecule has 0 saturated heterocycles. The quantitative estimate of drug-likeness (QED) is 0.415. The highest BCUT2D eigenvalue weighted by Crippen LogP contribution is 2.40. The van der Waals surface area contributed by atoms with Gasteiger partial charge in [0.15, 0.2) is 16.6 Å². The topological polar surface area (TPSA) is 71.6 Å². The molecule has 1 aliphatic heterocycles. The van der Waals surface area contributed by atoms with E-state index in [1.807, 2.05) is 38.1 Å². The number of nitrogens with one attached hydrogen (secondary N) is 3. The summed E-state index contributed by atoms with van der Waals surface area (Å²) in [4.78, 5) is 13.2. The van der Waals surface area contributed by atoms with E-state index in [1.54, 1.807) is 18.2 Å². The highest BCUT2D eigenvalue weighted by Gasteiger charge is 2.31. The van der Waals surface area contributed by atoms with Crippen LogP contribution < -0.4 is 25.4 Å². The summed E-state index contributed by atoms with van der Waals surface area (Å²) in [5.41, 5.74) is 3.62. The number of methoxy groups -OCH3 is 1. The first kappa shape index (κ1) is 22.7. The summed E-state index contributed by atoms with van der Waals surface area (Å²) in [6.45, 7) is 7.71. The lowest BCUT2D eigenvalue weighted by molar-refractivity contribution is -0.113. The number of amides is 1. The normalized spacial score (nSPS) is 15.6. The number of hydrogen-bond acceptors (Lipinski definition) is 4. The summed E-state index contributed by atoms with van der Waals surface area (Å²) in [7, 11) is 1.53. The molecule has 0 spiro atoms. The zero-order chi connectivity index (χ0) is 22.5. The Balaban J connectivity index is 2.00. The molecule has 1 aliphatic rings. The van der Waals surface area contributed by atoms with Crippen molar-refractivity contribution in [2.75, 3.05) is 19.0 Å². The number of carbonyl (C=O) groups is 1. The van der Waals surface area contributed by atoms with E-state index in [2.05, 4.69) is 22.5 Å². The van der Waals surface area contributed by atoms with E-state index in [0.717, 1.165) is 5.56 Å². The lowest BCUT2D eigenvalue weighted by Gasteiger charge is -2.31. The van der Waals surface area contributed by atoms with Gasteiger partial charge < -0.3 is 25.4 Å². The molecule has 0 aromatic heterocycles. The van der Waals surface area contributed by atoms with Gasteiger partial charge in [-0.25, -0.2) is 0 Å². The van der Waals surface area contributed by atoms with E-state index in [1.165, 1.54) is 7.11 Å². The Hall–Kier alpha value is -3.03. The Morgan fingerprint density at radius 1 is 1.32 bits per heavy atom. The van der Waals surface area contributed by atoms with E-state index in [4.69, 9.17) is 33.3 Å². The third-order valence-electron chi connectivity index (χ3n) is 4.72. The number of benzene rings is 2. The number of rotatable bonds is 7. The maximum absolute atomic E-state index is 13.2. The van der Waals surface area contributed by atoms with Crippen LogP contribution in [0.5, 0.6) is 11.5 Å². The van der Waals surface area contributed by atoms with Gasteiger partial charge in [0.25, 0.3) is 5.91 Å². The van der Waals surface area contributed by atoms with E-state index in [9.17, 15) is 4.79 Å². The predicted molar refractivity (Wildman–Crippen MR) is 128 cm³/mol. The van der Waals surface area contributed by atoms with Crippen LogP contribution in [0.1, 0.15) is 24.1 Å². The van der Waals surface area contributed by atoms with Gasteiger partial charge in [-0.05, 0) is 61.5 Å². The molecule has 1 atom stereocenters. The Bertz CT molecular complexity index is 1070. The van der Waals surface area contributed by atoms with Crippen LogP contribution in [0.4, 0.5) is 5.69 Å². The number of aryl methyl sites for hydroxylation is 1.